The van der Waals surface area contributed by atoms with Crippen LogP contribution in [0, 0.1) is 0 Å². The first-order valence-corrected chi connectivity index (χ1v) is 5.28. The fourth-order valence-corrected chi connectivity index (χ4v) is 1.21. The number of rotatable bonds is 5. The van der Waals surface area contributed by atoms with Crippen molar-refractivity contribution in [2.45, 2.75) is 25.9 Å². The van der Waals surface area contributed by atoms with E-state index in [0.717, 1.165) is 18.9 Å². The zero-order valence-electron chi connectivity index (χ0n) is 10.4. The van der Waals surface area contributed by atoms with Crippen molar-refractivity contribution in [2.24, 2.45) is 7.05 Å². The van der Waals surface area contributed by atoms with Gasteiger partial charge in [0.2, 0.25) is 0 Å². The smallest absolute Gasteiger partial charge is 0.122 e. The van der Waals surface area contributed by atoms with E-state index in [1.54, 1.807) is 0 Å². The van der Waals surface area contributed by atoms with Gasteiger partial charge in [-0.2, -0.15) is 0 Å². The topological polar surface area (TPSA) is 33.1 Å². The lowest BCUT2D eigenvalue weighted by atomic mass is 10.0. The maximum atomic E-state index is 4.27. The molecule has 1 heterocycles. The van der Waals surface area contributed by atoms with Crippen molar-refractivity contribution < 1.29 is 0 Å². The van der Waals surface area contributed by atoms with Gasteiger partial charge in [-0.15, -0.1) is 0 Å². The molecule has 0 unspecified atom stereocenters. The van der Waals surface area contributed by atoms with Gasteiger partial charge in [0.05, 0.1) is 6.54 Å². The van der Waals surface area contributed by atoms with Gasteiger partial charge in [0.15, 0.2) is 0 Å². The summed E-state index contributed by atoms with van der Waals surface area (Å²) in [6, 6.07) is 0. The second kappa shape index (κ2) is 4.77. The van der Waals surface area contributed by atoms with E-state index in [1.165, 1.54) is 0 Å². The molecule has 0 fully saturated rings. The summed E-state index contributed by atoms with van der Waals surface area (Å²) in [6.07, 6.45) is 3.79. The van der Waals surface area contributed by atoms with Crippen LogP contribution < -0.4 is 5.32 Å². The van der Waals surface area contributed by atoms with Gasteiger partial charge >= 0.3 is 0 Å². The van der Waals surface area contributed by atoms with Crippen molar-refractivity contribution in [3.05, 3.63) is 18.2 Å². The fourth-order valence-electron chi connectivity index (χ4n) is 1.21. The summed E-state index contributed by atoms with van der Waals surface area (Å²) < 4.78 is 2.04. The van der Waals surface area contributed by atoms with Crippen LogP contribution in [0.15, 0.2) is 12.4 Å². The molecule has 0 aliphatic rings. The monoisotopic (exact) mass is 210 g/mol. The molecule has 0 saturated carbocycles. The summed E-state index contributed by atoms with van der Waals surface area (Å²) >= 11 is 0. The van der Waals surface area contributed by atoms with E-state index in [2.05, 4.69) is 43.1 Å². The third kappa shape index (κ3) is 3.32. The van der Waals surface area contributed by atoms with E-state index >= 15 is 0 Å². The van der Waals surface area contributed by atoms with Gasteiger partial charge in [-0.05, 0) is 27.9 Å². The first-order chi connectivity index (χ1) is 6.93. The molecule has 0 radical (unpaired) electrons. The average Bonchev–Trinajstić information content (AvgIpc) is 2.51. The molecule has 0 aliphatic heterocycles. The van der Waals surface area contributed by atoms with Crippen molar-refractivity contribution in [2.75, 3.05) is 20.6 Å². The molecule has 1 N–H and O–H groups in total. The molecule has 0 saturated heterocycles. The summed E-state index contributed by atoms with van der Waals surface area (Å²) in [7, 11) is 6.21. The largest absolute Gasteiger partial charge is 0.337 e. The summed E-state index contributed by atoms with van der Waals surface area (Å²) in [4.78, 5) is 6.49. The molecule has 86 valence electrons. The number of aryl methyl sites for hydroxylation is 1. The normalized spacial score (nSPS) is 12.4. The lowest BCUT2D eigenvalue weighted by Gasteiger charge is -2.32. The minimum absolute atomic E-state index is 0.172. The van der Waals surface area contributed by atoms with Gasteiger partial charge in [0.1, 0.15) is 5.82 Å². The molecule has 0 bridgehead atoms. The number of imidazole rings is 1. The Morgan fingerprint density at radius 2 is 2.13 bits per heavy atom. The molecule has 0 spiro atoms. The number of likely N-dealkylation sites (N-methyl/N-ethyl adjacent to an activating group) is 1. The number of nitrogens with zero attached hydrogens (tertiary/aromatic N) is 3. The van der Waals surface area contributed by atoms with Crippen LogP contribution in [0.1, 0.15) is 19.7 Å². The second-order valence-corrected chi connectivity index (χ2v) is 4.76. The molecule has 1 aromatic heterocycles. The molecule has 0 aromatic carbocycles. The standard InChI is InChI=1S/C11H22N4/c1-11(2,14(3)4)9-12-8-10-13-6-7-15(10)5/h6-7,12H,8-9H2,1-5H3. The Hall–Kier alpha value is -0.870. The van der Waals surface area contributed by atoms with E-state index in [4.69, 9.17) is 0 Å². The lowest BCUT2D eigenvalue weighted by Crippen LogP contribution is -2.46. The Morgan fingerprint density at radius 1 is 1.47 bits per heavy atom. The number of hydrogen-bond acceptors (Lipinski definition) is 3. The van der Waals surface area contributed by atoms with Crippen LogP contribution in [0.2, 0.25) is 0 Å². The molecule has 0 aliphatic carbocycles. The van der Waals surface area contributed by atoms with Crippen LogP contribution in [-0.2, 0) is 13.6 Å². The van der Waals surface area contributed by atoms with Gasteiger partial charge in [-0.3, -0.25) is 0 Å². The Bertz CT molecular complexity index is 301. The van der Waals surface area contributed by atoms with Crippen LogP contribution >= 0.6 is 0 Å². The summed E-state index contributed by atoms with van der Waals surface area (Å²) in [5.41, 5.74) is 0.172. The molecule has 15 heavy (non-hydrogen) atoms. The number of nitrogens with one attached hydrogen (secondary N) is 1. The Balaban J connectivity index is 2.37. The first kappa shape index (κ1) is 12.2. The molecule has 4 heteroatoms. The van der Waals surface area contributed by atoms with Crippen LogP contribution in [0.5, 0.6) is 0 Å². The first-order valence-electron chi connectivity index (χ1n) is 5.28. The third-order valence-corrected chi connectivity index (χ3v) is 2.97. The molecular weight excluding hydrogens is 188 g/mol. The zero-order valence-corrected chi connectivity index (χ0v) is 10.4. The van der Waals surface area contributed by atoms with E-state index in [1.807, 2.05) is 24.0 Å². The predicted molar refractivity (Wildman–Crippen MR) is 62.7 cm³/mol. The van der Waals surface area contributed by atoms with Crippen molar-refractivity contribution in [3.63, 3.8) is 0 Å². The van der Waals surface area contributed by atoms with Gasteiger partial charge in [0.25, 0.3) is 0 Å². The predicted octanol–water partition coefficient (Wildman–Crippen LogP) is 0.850. The highest BCUT2D eigenvalue weighted by Gasteiger charge is 2.19. The number of aromatic nitrogens is 2. The zero-order chi connectivity index (χ0) is 11.5. The van der Waals surface area contributed by atoms with E-state index in [0.29, 0.717) is 0 Å². The molecule has 0 atom stereocenters. The van der Waals surface area contributed by atoms with Crippen LogP contribution in [0.4, 0.5) is 0 Å². The number of hydrogen-bond donors (Lipinski definition) is 1. The van der Waals surface area contributed by atoms with Crippen molar-refractivity contribution in [1.29, 1.82) is 0 Å². The van der Waals surface area contributed by atoms with Crippen molar-refractivity contribution >= 4 is 0 Å². The quantitative estimate of drug-likeness (QED) is 0.782. The summed E-state index contributed by atoms with van der Waals surface area (Å²) in [5.74, 6) is 1.07. The van der Waals surface area contributed by atoms with E-state index in [-0.39, 0.29) is 5.54 Å². The lowest BCUT2D eigenvalue weighted by molar-refractivity contribution is 0.189. The minimum atomic E-state index is 0.172. The van der Waals surface area contributed by atoms with E-state index < -0.39 is 0 Å². The van der Waals surface area contributed by atoms with Gasteiger partial charge < -0.3 is 14.8 Å². The van der Waals surface area contributed by atoms with Crippen LogP contribution in [0.25, 0.3) is 0 Å². The highest BCUT2D eigenvalue weighted by atomic mass is 15.2. The maximum Gasteiger partial charge on any atom is 0.122 e. The van der Waals surface area contributed by atoms with Crippen LogP contribution in [-0.4, -0.2) is 40.6 Å². The Labute approximate surface area is 92.3 Å². The SMILES string of the molecule is CN(C)C(C)(C)CNCc1nccn1C. The summed E-state index contributed by atoms with van der Waals surface area (Å²) in [5, 5.41) is 3.43. The third-order valence-electron chi connectivity index (χ3n) is 2.97. The van der Waals surface area contributed by atoms with Gasteiger partial charge in [0, 0.05) is 31.5 Å². The minimum Gasteiger partial charge on any atom is -0.337 e. The van der Waals surface area contributed by atoms with Crippen LogP contribution in [0.3, 0.4) is 0 Å². The highest BCUT2D eigenvalue weighted by molar-refractivity contribution is 4.91. The van der Waals surface area contributed by atoms with Crippen molar-refractivity contribution in [3.8, 4) is 0 Å². The van der Waals surface area contributed by atoms with Gasteiger partial charge in [-0.1, -0.05) is 0 Å². The molecule has 0 amide bonds. The average molecular weight is 210 g/mol. The molecular formula is C11H22N4. The van der Waals surface area contributed by atoms with E-state index in [9.17, 15) is 0 Å². The van der Waals surface area contributed by atoms with Crippen molar-refractivity contribution in [1.82, 2.24) is 19.8 Å². The Kier molecular flexibility index (Phi) is 3.88. The summed E-state index contributed by atoms with van der Waals surface area (Å²) in [6.45, 7) is 6.21. The fraction of sp³-hybridized carbons (Fsp3) is 0.727. The second-order valence-electron chi connectivity index (χ2n) is 4.76. The maximum absolute atomic E-state index is 4.27. The molecule has 1 rings (SSSR count). The highest BCUT2D eigenvalue weighted by Crippen LogP contribution is 2.07. The Morgan fingerprint density at radius 3 is 2.60 bits per heavy atom. The molecule has 1 aromatic rings. The van der Waals surface area contributed by atoms with Gasteiger partial charge in [-0.25, -0.2) is 4.98 Å². The molecule has 4 nitrogen and oxygen atoms in total.